The number of amides is 2. The van der Waals surface area contributed by atoms with Crippen molar-refractivity contribution in [1.29, 1.82) is 0 Å². The predicted octanol–water partition coefficient (Wildman–Crippen LogP) is 0.950. The molecule has 1 fully saturated rings. The molecule has 0 bridgehead atoms. The summed E-state index contributed by atoms with van der Waals surface area (Å²) in [5.74, 6) is -1.14. The molecule has 124 valence electrons. The second kappa shape index (κ2) is 7.71. The molecule has 0 atom stereocenters. The summed E-state index contributed by atoms with van der Waals surface area (Å²) < 4.78 is 17.7. The fourth-order valence-electron chi connectivity index (χ4n) is 2.32. The van der Waals surface area contributed by atoms with Crippen molar-refractivity contribution < 1.29 is 23.5 Å². The smallest absolute Gasteiger partial charge is 0.307 e. The van der Waals surface area contributed by atoms with Crippen LogP contribution in [0.1, 0.15) is 18.9 Å². The van der Waals surface area contributed by atoms with E-state index >= 15 is 0 Å². The highest BCUT2D eigenvalue weighted by Gasteiger charge is 2.29. The van der Waals surface area contributed by atoms with E-state index in [4.69, 9.17) is 4.74 Å². The predicted molar refractivity (Wildman–Crippen MR) is 79.6 cm³/mol. The van der Waals surface area contributed by atoms with Gasteiger partial charge in [-0.3, -0.25) is 14.4 Å². The Labute approximate surface area is 133 Å². The van der Waals surface area contributed by atoms with Gasteiger partial charge in [-0.25, -0.2) is 4.39 Å². The monoisotopic (exact) mass is 322 g/mol. The zero-order valence-electron chi connectivity index (χ0n) is 13.0. The van der Waals surface area contributed by atoms with E-state index in [0.717, 1.165) is 5.56 Å². The molecule has 0 aromatic heterocycles. The van der Waals surface area contributed by atoms with Gasteiger partial charge in [0.15, 0.2) is 0 Å². The van der Waals surface area contributed by atoms with Crippen molar-refractivity contribution in [2.24, 2.45) is 0 Å². The first-order chi connectivity index (χ1) is 11.0. The number of ether oxygens (including phenoxy) is 1. The van der Waals surface area contributed by atoms with Crippen molar-refractivity contribution in [2.45, 2.75) is 19.9 Å². The third-order valence-corrected chi connectivity index (χ3v) is 3.54. The lowest BCUT2D eigenvalue weighted by molar-refractivity contribution is -0.152. The SMILES string of the molecule is CCOC(=O)CCN1CC(=O)N(Cc2ccc(F)cc2)CC1=O. The fraction of sp³-hybridized carbons (Fsp3) is 0.438. The Morgan fingerprint density at radius 3 is 2.39 bits per heavy atom. The standard InChI is InChI=1S/C16H19FN2O4/c1-2-23-16(22)7-8-18-10-15(21)19(11-14(18)20)9-12-3-5-13(17)6-4-12/h3-6H,2,7-11H2,1H3. The van der Waals surface area contributed by atoms with Crippen molar-refractivity contribution in [1.82, 2.24) is 9.80 Å². The van der Waals surface area contributed by atoms with Crippen LogP contribution >= 0.6 is 0 Å². The molecule has 2 amide bonds. The van der Waals surface area contributed by atoms with Gasteiger partial charge in [-0.2, -0.15) is 0 Å². The summed E-state index contributed by atoms with van der Waals surface area (Å²) in [5, 5.41) is 0. The van der Waals surface area contributed by atoms with E-state index in [1.165, 1.54) is 21.9 Å². The number of benzene rings is 1. The minimum atomic E-state index is -0.388. The average Bonchev–Trinajstić information content (AvgIpc) is 2.51. The number of halogens is 1. The van der Waals surface area contributed by atoms with Crippen LogP contribution in [0.2, 0.25) is 0 Å². The Balaban J connectivity index is 1.89. The molecule has 1 aromatic carbocycles. The van der Waals surface area contributed by atoms with E-state index < -0.39 is 0 Å². The molecule has 7 heteroatoms. The summed E-state index contributed by atoms with van der Waals surface area (Å²) in [6.45, 7) is 2.33. The molecule has 1 heterocycles. The maximum atomic E-state index is 12.9. The maximum Gasteiger partial charge on any atom is 0.307 e. The van der Waals surface area contributed by atoms with Crippen LogP contribution in [0.4, 0.5) is 4.39 Å². The Kier molecular flexibility index (Phi) is 5.67. The van der Waals surface area contributed by atoms with Gasteiger partial charge in [-0.15, -0.1) is 0 Å². The van der Waals surface area contributed by atoms with Crippen LogP contribution in [0.3, 0.4) is 0 Å². The molecule has 1 aromatic rings. The van der Waals surface area contributed by atoms with E-state index in [1.54, 1.807) is 19.1 Å². The summed E-state index contributed by atoms with van der Waals surface area (Å²) in [7, 11) is 0. The minimum absolute atomic E-state index is 0.0426. The fourth-order valence-corrected chi connectivity index (χ4v) is 2.32. The van der Waals surface area contributed by atoms with Crippen LogP contribution < -0.4 is 0 Å². The molecular weight excluding hydrogens is 303 g/mol. The Hall–Kier alpha value is -2.44. The lowest BCUT2D eigenvalue weighted by Gasteiger charge is -2.33. The molecule has 2 rings (SSSR count). The zero-order valence-corrected chi connectivity index (χ0v) is 13.0. The van der Waals surface area contributed by atoms with Crippen LogP contribution in [0.25, 0.3) is 0 Å². The van der Waals surface area contributed by atoms with Crippen molar-refractivity contribution in [3.63, 3.8) is 0 Å². The number of esters is 1. The number of piperazine rings is 1. The van der Waals surface area contributed by atoms with Crippen molar-refractivity contribution in [3.8, 4) is 0 Å². The largest absolute Gasteiger partial charge is 0.466 e. The van der Waals surface area contributed by atoms with E-state index in [1.807, 2.05) is 0 Å². The first-order valence-electron chi connectivity index (χ1n) is 7.45. The van der Waals surface area contributed by atoms with Crippen LogP contribution in [0.5, 0.6) is 0 Å². The summed E-state index contributed by atoms with van der Waals surface area (Å²) >= 11 is 0. The zero-order chi connectivity index (χ0) is 16.8. The Bertz CT molecular complexity index is 588. The van der Waals surface area contributed by atoms with Crippen LogP contribution in [-0.2, 0) is 25.7 Å². The molecule has 0 saturated carbocycles. The van der Waals surface area contributed by atoms with Gasteiger partial charge in [0.05, 0.1) is 19.6 Å². The van der Waals surface area contributed by atoms with Gasteiger partial charge in [0.1, 0.15) is 12.4 Å². The highest BCUT2D eigenvalue weighted by atomic mass is 19.1. The number of hydrogen-bond acceptors (Lipinski definition) is 4. The molecule has 1 aliphatic heterocycles. The van der Waals surface area contributed by atoms with Gasteiger partial charge >= 0.3 is 5.97 Å². The highest BCUT2D eigenvalue weighted by Crippen LogP contribution is 2.12. The average molecular weight is 322 g/mol. The first kappa shape index (κ1) is 16.9. The van der Waals surface area contributed by atoms with Crippen LogP contribution in [0, 0.1) is 5.82 Å². The van der Waals surface area contributed by atoms with Gasteiger partial charge in [0.25, 0.3) is 0 Å². The molecule has 6 nitrogen and oxygen atoms in total. The van der Waals surface area contributed by atoms with E-state index in [2.05, 4.69) is 0 Å². The molecular formula is C16H19FN2O4. The molecule has 1 saturated heterocycles. The summed E-state index contributed by atoms with van der Waals surface area (Å²) in [6, 6.07) is 5.80. The number of nitrogens with zero attached hydrogens (tertiary/aromatic N) is 2. The second-order valence-corrected chi connectivity index (χ2v) is 5.25. The number of rotatable bonds is 6. The number of hydrogen-bond donors (Lipinski definition) is 0. The Morgan fingerprint density at radius 2 is 1.74 bits per heavy atom. The van der Waals surface area contributed by atoms with Crippen molar-refractivity contribution in [3.05, 3.63) is 35.6 Å². The third kappa shape index (κ3) is 4.77. The van der Waals surface area contributed by atoms with Gasteiger partial charge in [-0.05, 0) is 24.6 Å². The topological polar surface area (TPSA) is 66.9 Å². The molecule has 0 aliphatic carbocycles. The Morgan fingerprint density at radius 1 is 1.13 bits per heavy atom. The first-order valence-corrected chi connectivity index (χ1v) is 7.45. The minimum Gasteiger partial charge on any atom is -0.466 e. The summed E-state index contributed by atoms with van der Waals surface area (Å²) in [5.41, 5.74) is 0.757. The molecule has 23 heavy (non-hydrogen) atoms. The van der Waals surface area contributed by atoms with Gasteiger partial charge in [-0.1, -0.05) is 12.1 Å². The molecule has 0 unspecified atom stereocenters. The van der Waals surface area contributed by atoms with Crippen LogP contribution in [0.15, 0.2) is 24.3 Å². The lowest BCUT2D eigenvalue weighted by atomic mass is 10.2. The van der Waals surface area contributed by atoms with Crippen molar-refractivity contribution in [2.75, 3.05) is 26.2 Å². The highest BCUT2D eigenvalue weighted by molar-refractivity contribution is 5.92. The quantitative estimate of drug-likeness (QED) is 0.732. The maximum absolute atomic E-state index is 12.9. The molecule has 1 aliphatic rings. The van der Waals surface area contributed by atoms with Gasteiger partial charge < -0.3 is 14.5 Å². The molecule has 0 N–H and O–H groups in total. The van der Waals surface area contributed by atoms with Crippen molar-refractivity contribution >= 4 is 17.8 Å². The number of carbonyl (C=O) groups excluding carboxylic acids is 3. The third-order valence-electron chi connectivity index (χ3n) is 3.54. The lowest BCUT2D eigenvalue weighted by Crippen LogP contribution is -2.53. The number of carbonyl (C=O) groups is 3. The summed E-state index contributed by atoms with van der Waals surface area (Å²) in [6.07, 6.45) is 0.0742. The van der Waals surface area contributed by atoms with E-state index in [0.29, 0.717) is 0 Å². The normalized spacial score (nSPS) is 15.0. The van der Waals surface area contributed by atoms with Gasteiger partial charge in [0.2, 0.25) is 11.8 Å². The van der Waals surface area contributed by atoms with E-state index in [-0.39, 0.29) is 62.8 Å². The van der Waals surface area contributed by atoms with E-state index in [9.17, 15) is 18.8 Å². The van der Waals surface area contributed by atoms with Crippen LogP contribution in [-0.4, -0.2) is 53.8 Å². The van der Waals surface area contributed by atoms with Gasteiger partial charge in [0, 0.05) is 13.1 Å². The summed E-state index contributed by atoms with van der Waals surface area (Å²) in [4.78, 5) is 38.3. The molecule has 0 spiro atoms. The second-order valence-electron chi connectivity index (χ2n) is 5.25. The molecule has 0 radical (unpaired) electrons.